The molecule has 4 rings (SSSR count). The number of aromatic amines is 1. The molecule has 0 fully saturated rings. The van der Waals surface area contributed by atoms with E-state index in [-0.39, 0.29) is 18.2 Å². The monoisotopic (exact) mass is 357 g/mol. The van der Waals surface area contributed by atoms with E-state index < -0.39 is 0 Å². The van der Waals surface area contributed by atoms with Crippen molar-refractivity contribution in [2.75, 3.05) is 5.73 Å². The van der Waals surface area contributed by atoms with Crippen LogP contribution in [-0.4, -0.2) is 19.9 Å². The van der Waals surface area contributed by atoms with Crippen LogP contribution in [-0.2, 0) is 0 Å². The molecular formula is C17H13ClFN5O. The summed E-state index contributed by atoms with van der Waals surface area (Å²) in [6.07, 6.45) is 4.83. The van der Waals surface area contributed by atoms with Crippen molar-refractivity contribution < 1.29 is 9.13 Å². The van der Waals surface area contributed by atoms with Gasteiger partial charge in [0.25, 0.3) is 0 Å². The van der Waals surface area contributed by atoms with Gasteiger partial charge in [-0.25, -0.2) is 19.3 Å². The van der Waals surface area contributed by atoms with Gasteiger partial charge in [-0.05, 0) is 30.3 Å². The van der Waals surface area contributed by atoms with Gasteiger partial charge >= 0.3 is 0 Å². The Bertz CT molecular complexity index is 1020. The molecule has 0 radical (unpaired) electrons. The van der Waals surface area contributed by atoms with Gasteiger partial charge in [0.2, 0.25) is 0 Å². The molecule has 0 spiro atoms. The normalized spacial score (nSPS) is 10.4. The van der Waals surface area contributed by atoms with Crippen LogP contribution in [0.4, 0.5) is 10.2 Å². The van der Waals surface area contributed by atoms with E-state index in [2.05, 4.69) is 19.9 Å². The van der Waals surface area contributed by atoms with E-state index in [1.54, 1.807) is 36.7 Å². The van der Waals surface area contributed by atoms with Gasteiger partial charge in [-0.1, -0.05) is 0 Å². The molecule has 3 aromatic heterocycles. The second-order valence-corrected chi connectivity index (χ2v) is 5.12. The first-order valence-electron chi connectivity index (χ1n) is 7.18. The molecule has 0 atom stereocenters. The van der Waals surface area contributed by atoms with Gasteiger partial charge in [0.05, 0.1) is 11.1 Å². The topological polar surface area (TPSA) is 89.7 Å². The first-order chi connectivity index (χ1) is 11.7. The van der Waals surface area contributed by atoms with Crippen LogP contribution in [0.5, 0.6) is 11.5 Å². The fourth-order valence-electron chi connectivity index (χ4n) is 2.46. The quantitative estimate of drug-likeness (QED) is 0.579. The maximum atomic E-state index is 13.1. The summed E-state index contributed by atoms with van der Waals surface area (Å²) in [6.45, 7) is 0. The van der Waals surface area contributed by atoms with Crippen molar-refractivity contribution >= 4 is 29.3 Å². The van der Waals surface area contributed by atoms with Crippen LogP contribution in [0, 0.1) is 5.82 Å². The Morgan fingerprint density at radius 1 is 1.04 bits per heavy atom. The van der Waals surface area contributed by atoms with Crippen molar-refractivity contribution in [3.8, 4) is 22.8 Å². The number of rotatable bonds is 3. The van der Waals surface area contributed by atoms with Gasteiger partial charge in [0.1, 0.15) is 35.1 Å². The van der Waals surface area contributed by atoms with Crippen molar-refractivity contribution in [3.63, 3.8) is 0 Å². The molecule has 0 aliphatic rings. The number of benzene rings is 1. The SMILES string of the molecule is Cl.Nc1cc(-c2c[nH]c3nccc(Oc4ccc(F)cc4)c23)ncn1. The molecule has 126 valence electrons. The third-order valence-electron chi connectivity index (χ3n) is 3.54. The second-order valence-electron chi connectivity index (χ2n) is 5.12. The van der Waals surface area contributed by atoms with E-state index >= 15 is 0 Å². The third-order valence-corrected chi connectivity index (χ3v) is 3.54. The molecular weight excluding hydrogens is 345 g/mol. The average Bonchev–Trinajstić information content (AvgIpc) is 3.02. The van der Waals surface area contributed by atoms with Gasteiger partial charge < -0.3 is 15.5 Å². The number of nitrogens with two attached hydrogens (primary N) is 1. The Hall–Kier alpha value is -3.19. The van der Waals surface area contributed by atoms with E-state index in [0.717, 1.165) is 10.9 Å². The molecule has 25 heavy (non-hydrogen) atoms. The van der Waals surface area contributed by atoms with Crippen molar-refractivity contribution in [1.29, 1.82) is 0 Å². The van der Waals surface area contributed by atoms with E-state index in [9.17, 15) is 4.39 Å². The Kier molecular flexibility index (Phi) is 4.49. The van der Waals surface area contributed by atoms with Crippen molar-refractivity contribution in [2.24, 2.45) is 0 Å². The van der Waals surface area contributed by atoms with Crippen molar-refractivity contribution in [3.05, 3.63) is 60.9 Å². The van der Waals surface area contributed by atoms with Gasteiger partial charge in [-0.2, -0.15) is 0 Å². The van der Waals surface area contributed by atoms with E-state index in [1.807, 2.05) is 0 Å². The lowest BCUT2D eigenvalue weighted by Crippen LogP contribution is -1.93. The minimum atomic E-state index is -0.319. The predicted molar refractivity (Wildman–Crippen MR) is 95.3 cm³/mol. The fourth-order valence-corrected chi connectivity index (χ4v) is 2.46. The standard InChI is InChI=1S/C17H12FN5O.ClH/c18-10-1-3-11(4-2-10)24-14-5-6-20-17-16(14)12(8-21-17)13-7-15(19)23-9-22-13;/h1-9H,(H,20,21)(H2,19,22,23);1H. The number of fused-ring (bicyclic) bond motifs is 1. The maximum Gasteiger partial charge on any atom is 0.141 e. The van der Waals surface area contributed by atoms with Crippen molar-refractivity contribution in [2.45, 2.75) is 0 Å². The number of nitrogen functional groups attached to an aromatic ring is 1. The largest absolute Gasteiger partial charge is 0.457 e. The first kappa shape index (κ1) is 16.7. The maximum absolute atomic E-state index is 13.1. The van der Waals surface area contributed by atoms with Gasteiger partial charge in [0.15, 0.2) is 0 Å². The summed E-state index contributed by atoms with van der Waals surface area (Å²) in [6, 6.07) is 9.24. The number of nitrogens with one attached hydrogen (secondary N) is 1. The molecule has 3 N–H and O–H groups in total. The second kappa shape index (κ2) is 6.74. The summed E-state index contributed by atoms with van der Waals surface area (Å²) >= 11 is 0. The molecule has 0 unspecified atom stereocenters. The summed E-state index contributed by atoms with van der Waals surface area (Å²) in [7, 11) is 0. The zero-order valence-electron chi connectivity index (χ0n) is 12.8. The number of hydrogen-bond donors (Lipinski definition) is 2. The highest BCUT2D eigenvalue weighted by atomic mass is 35.5. The summed E-state index contributed by atoms with van der Waals surface area (Å²) in [5.74, 6) is 1.17. The molecule has 0 aliphatic heterocycles. The van der Waals surface area contributed by atoms with E-state index in [4.69, 9.17) is 10.5 Å². The molecule has 0 saturated heterocycles. The number of pyridine rings is 1. The number of halogens is 2. The smallest absolute Gasteiger partial charge is 0.141 e. The van der Waals surface area contributed by atoms with Crippen LogP contribution in [0.1, 0.15) is 0 Å². The molecule has 0 saturated carbocycles. The zero-order valence-corrected chi connectivity index (χ0v) is 13.6. The van der Waals surface area contributed by atoms with Gasteiger partial charge in [-0.15, -0.1) is 12.4 Å². The van der Waals surface area contributed by atoms with Crippen LogP contribution in [0.15, 0.2) is 55.1 Å². The van der Waals surface area contributed by atoms with Crippen LogP contribution >= 0.6 is 12.4 Å². The lowest BCUT2D eigenvalue weighted by molar-refractivity contribution is 0.486. The number of H-pyrrole nitrogens is 1. The first-order valence-corrected chi connectivity index (χ1v) is 7.18. The van der Waals surface area contributed by atoms with Gasteiger partial charge in [0, 0.05) is 24.0 Å². The highest BCUT2D eigenvalue weighted by Crippen LogP contribution is 2.35. The lowest BCUT2D eigenvalue weighted by Gasteiger charge is -2.08. The molecule has 8 heteroatoms. The number of anilines is 1. The van der Waals surface area contributed by atoms with Gasteiger partial charge in [-0.3, -0.25) is 0 Å². The zero-order chi connectivity index (χ0) is 16.5. The fraction of sp³-hybridized carbons (Fsp3) is 0. The minimum Gasteiger partial charge on any atom is -0.457 e. The molecule has 0 amide bonds. The lowest BCUT2D eigenvalue weighted by atomic mass is 10.1. The van der Waals surface area contributed by atoms with Crippen LogP contribution in [0.3, 0.4) is 0 Å². The number of aromatic nitrogens is 4. The van der Waals surface area contributed by atoms with Crippen molar-refractivity contribution in [1.82, 2.24) is 19.9 Å². The average molecular weight is 358 g/mol. The Morgan fingerprint density at radius 2 is 1.84 bits per heavy atom. The number of nitrogens with zero attached hydrogens (tertiary/aromatic N) is 3. The Balaban J connectivity index is 0.00000182. The summed E-state index contributed by atoms with van der Waals surface area (Å²) in [5.41, 5.74) is 7.85. The minimum absolute atomic E-state index is 0. The third kappa shape index (κ3) is 3.22. The van der Waals surface area contributed by atoms with Crippen LogP contribution < -0.4 is 10.5 Å². The molecule has 3 heterocycles. The summed E-state index contributed by atoms with van der Waals surface area (Å²) in [5, 5.41) is 0.764. The highest BCUT2D eigenvalue weighted by molar-refractivity contribution is 5.97. The molecule has 6 nitrogen and oxygen atoms in total. The molecule has 4 aromatic rings. The number of ether oxygens (including phenoxy) is 1. The Labute approximate surface area is 148 Å². The molecule has 0 aliphatic carbocycles. The van der Waals surface area contributed by atoms with Crippen LogP contribution in [0.2, 0.25) is 0 Å². The summed E-state index contributed by atoms with van der Waals surface area (Å²) < 4.78 is 19.0. The summed E-state index contributed by atoms with van der Waals surface area (Å²) in [4.78, 5) is 15.5. The molecule has 1 aromatic carbocycles. The Morgan fingerprint density at radius 3 is 2.60 bits per heavy atom. The molecule has 0 bridgehead atoms. The van der Waals surface area contributed by atoms with E-state index in [1.165, 1.54) is 18.5 Å². The van der Waals surface area contributed by atoms with E-state index in [0.29, 0.717) is 28.7 Å². The predicted octanol–water partition coefficient (Wildman–Crippen LogP) is 3.96. The number of hydrogen-bond acceptors (Lipinski definition) is 5. The van der Waals surface area contributed by atoms with Crippen LogP contribution in [0.25, 0.3) is 22.3 Å². The highest BCUT2D eigenvalue weighted by Gasteiger charge is 2.14.